The average Bonchev–Trinajstić information content (AvgIpc) is 2.74. The largest absolute Gasteiger partial charge is 0.495 e. The standard InChI is InChI=1S/C22H21N3O4/c1-14-3-5-19(27-2)17(11-14)24-16-7-8-23-18(12-16)22(26)25-15-4-6-20-21(13-15)29-10-9-28-20/h3-8,11-13H,9-10H2,1-2H3,(H,23,24)(H,25,26). The lowest BCUT2D eigenvalue weighted by Crippen LogP contribution is -2.17. The minimum Gasteiger partial charge on any atom is -0.495 e. The van der Waals surface area contributed by atoms with Gasteiger partial charge in [0.05, 0.1) is 12.8 Å². The lowest BCUT2D eigenvalue weighted by atomic mass is 10.2. The number of aryl methyl sites for hydroxylation is 1. The van der Waals surface area contributed by atoms with Crippen molar-refractivity contribution >= 4 is 23.0 Å². The molecule has 4 rings (SSSR count). The maximum Gasteiger partial charge on any atom is 0.274 e. The lowest BCUT2D eigenvalue weighted by molar-refractivity contribution is 0.102. The van der Waals surface area contributed by atoms with Crippen molar-refractivity contribution in [1.29, 1.82) is 0 Å². The highest BCUT2D eigenvalue weighted by molar-refractivity contribution is 6.03. The van der Waals surface area contributed by atoms with Gasteiger partial charge in [0, 0.05) is 23.6 Å². The minimum absolute atomic E-state index is 0.288. The van der Waals surface area contributed by atoms with E-state index < -0.39 is 0 Å². The Morgan fingerprint density at radius 2 is 1.83 bits per heavy atom. The third kappa shape index (κ3) is 4.24. The molecule has 0 aliphatic carbocycles. The molecule has 2 N–H and O–H groups in total. The molecule has 0 fully saturated rings. The summed E-state index contributed by atoms with van der Waals surface area (Å²) >= 11 is 0. The van der Waals surface area contributed by atoms with Crippen molar-refractivity contribution in [3.63, 3.8) is 0 Å². The Bertz CT molecular complexity index is 1050. The molecule has 7 nitrogen and oxygen atoms in total. The van der Waals surface area contributed by atoms with Crippen LogP contribution in [-0.2, 0) is 0 Å². The van der Waals surface area contributed by atoms with Crippen molar-refractivity contribution < 1.29 is 19.0 Å². The number of methoxy groups -OCH3 is 1. The first-order valence-corrected chi connectivity index (χ1v) is 9.21. The zero-order chi connectivity index (χ0) is 20.2. The Balaban J connectivity index is 1.51. The van der Waals surface area contributed by atoms with Gasteiger partial charge in [-0.05, 0) is 48.9 Å². The summed E-state index contributed by atoms with van der Waals surface area (Å²) < 4.78 is 16.4. The number of rotatable bonds is 5. The van der Waals surface area contributed by atoms with Gasteiger partial charge < -0.3 is 24.8 Å². The van der Waals surface area contributed by atoms with E-state index in [0.29, 0.717) is 30.4 Å². The topological polar surface area (TPSA) is 81.7 Å². The molecule has 1 aliphatic heterocycles. The van der Waals surface area contributed by atoms with Gasteiger partial charge in [-0.3, -0.25) is 9.78 Å². The predicted octanol–water partition coefficient (Wildman–Crippen LogP) is 4.17. The molecule has 0 spiro atoms. The minimum atomic E-state index is -0.318. The maximum absolute atomic E-state index is 12.7. The Morgan fingerprint density at radius 3 is 2.66 bits per heavy atom. The Labute approximate surface area is 168 Å². The van der Waals surface area contributed by atoms with Crippen LogP contribution in [0.1, 0.15) is 16.1 Å². The molecular weight excluding hydrogens is 370 g/mol. The number of carbonyl (C=O) groups excluding carboxylic acids is 1. The van der Waals surface area contributed by atoms with E-state index in [1.165, 1.54) is 0 Å². The van der Waals surface area contributed by atoms with Crippen LogP contribution in [0.4, 0.5) is 17.1 Å². The molecule has 29 heavy (non-hydrogen) atoms. The summed E-state index contributed by atoms with van der Waals surface area (Å²) in [5.41, 5.74) is 3.54. The zero-order valence-electron chi connectivity index (χ0n) is 16.2. The van der Waals surface area contributed by atoms with E-state index >= 15 is 0 Å². The highest BCUT2D eigenvalue weighted by Gasteiger charge is 2.14. The number of carbonyl (C=O) groups is 1. The Morgan fingerprint density at radius 1 is 1.00 bits per heavy atom. The maximum atomic E-state index is 12.7. The number of nitrogens with zero attached hydrogens (tertiary/aromatic N) is 1. The van der Waals surface area contributed by atoms with Crippen molar-refractivity contribution in [1.82, 2.24) is 4.98 Å². The fourth-order valence-electron chi connectivity index (χ4n) is 3.02. The van der Waals surface area contributed by atoms with Gasteiger partial charge in [0.2, 0.25) is 0 Å². The van der Waals surface area contributed by atoms with Gasteiger partial charge in [-0.25, -0.2) is 0 Å². The Hall–Kier alpha value is -3.74. The molecule has 0 saturated carbocycles. The molecule has 3 aromatic rings. The predicted molar refractivity (Wildman–Crippen MR) is 111 cm³/mol. The molecule has 2 heterocycles. The first kappa shape index (κ1) is 18.6. The van der Waals surface area contributed by atoms with Gasteiger partial charge in [0.25, 0.3) is 5.91 Å². The number of fused-ring (bicyclic) bond motifs is 1. The molecule has 0 bridgehead atoms. The lowest BCUT2D eigenvalue weighted by Gasteiger charge is -2.19. The van der Waals surface area contributed by atoms with E-state index in [1.807, 2.05) is 25.1 Å². The molecule has 2 aromatic carbocycles. The van der Waals surface area contributed by atoms with Crippen LogP contribution in [0.5, 0.6) is 17.2 Å². The average molecular weight is 391 g/mol. The second-order valence-electron chi connectivity index (χ2n) is 6.57. The van der Waals surface area contributed by atoms with Crippen molar-refractivity contribution in [3.8, 4) is 17.2 Å². The van der Waals surface area contributed by atoms with Gasteiger partial charge >= 0.3 is 0 Å². The first-order valence-electron chi connectivity index (χ1n) is 9.21. The normalized spacial score (nSPS) is 12.2. The Kier molecular flexibility index (Phi) is 5.20. The van der Waals surface area contributed by atoms with E-state index in [4.69, 9.17) is 14.2 Å². The van der Waals surface area contributed by atoms with Crippen LogP contribution in [0.3, 0.4) is 0 Å². The fraction of sp³-hybridized carbons (Fsp3) is 0.182. The molecular formula is C22H21N3O4. The quantitative estimate of drug-likeness (QED) is 0.680. The number of hydrogen-bond acceptors (Lipinski definition) is 6. The monoisotopic (exact) mass is 391 g/mol. The third-order valence-corrected chi connectivity index (χ3v) is 4.43. The number of hydrogen-bond donors (Lipinski definition) is 2. The number of benzene rings is 2. The number of ether oxygens (including phenoxy) is 3. The first-order chi connectivity index (χ1) is 14.1. The molecule has 0 saturated heterocycles. The van der Waals surface area contributed by atoms with E-state index in [1.54, 1.807) is 43.6 Å². The summed E-state index contributed by atoms with van der Waals surface area (Å²) in [4.78, 5) is 16.9. The van der Waals surface area contributed by atoms with Crippen molar-refractivity contribution in [2.45, 2.75) is 6.92 Å². The molecule has 7 heteroatoms. The summed E-state index contributed by atoms with van der Waals surface area (Å²) in [7, 11) is 1.62. The van der Waals surface area contributed by atoms with Crippen LogP contribution in [0.25, 0.3) is 0 Å². The van der Waals surface area contributed by atoms with E-state index in [9.17, 15) is 4.79 Å². The smallest absolute Gasteiger partial charge is 0.274 e. The molecule has 0 radical (unpaired) electrons. The zero-order valence-corrected chi connectivity index (χ0v) is 16.2. The number of anilines is 3. The molecule has 0 atom stereocenters. The van der Waals surface area contributed by atoms with Crippen LogP contribution in [0.2, 0.25) is 0 Å². The fourth-order valence-corrected chi connectivity index (χ4v) is 3.02. The van der Waals surface area contributed by atoms with Crippen LogP contribution in [-0.4, -0.2) is 31.2 Å². The van der Waals surface area contributed by atoms with Crippen LogP contribution in [0, 0.1) is 6.92 Å². The molecule has 1 aromatic heterocycles. The van der Waals surface area contributed by atoms with Gasteiger partial charge in [0.15, 0.2) is 11.5 Å². The van der Waals surface area contributed by atoms with Crippen molar-refractivity contribution in [3.05, 3.63) is 66.0 Å². The van der Waals surface area contributed by atoms with Gasteiger partial charge in [0.1, 0.15) is 24.7 Å². The van der Waals surface area contributed by atoms with Crippen LogP contribution >= 0.6 is 0 Å². The SMILES string of the molecule is COc1ccc(C)cc1Nc1ccnc(C(=O)Nc2ccc3c(c2)OCCO3)c1. The molecule has 0 unspecified atom stereocenters. The van der Waals surface area contributed by atoms with Crippen molar-refractivity contribution in [2.75, 3.05) is 31.0 Å². The second-order valence-corrected chi connectivity index (χ2v) is 6.57. The van der Waals surface area contributed by atoms with Crippen LogP contribution < -0.4 is 24.8 Å². The molecule has 1 amide bonds. The summed E-state index contributed by atoms with van der Waals surface area (Å²) in [6.45, 7) is 3.01. The number of pyridine rings is 1. The van der Waals surface area contributed by atoms with E-state index in [-0.39, 0.29) is 11.6 Å². The van der Waals surface area contributed by atoms with Crippen molar-refractivity contribution in [2.24, 2.45) is 0 Å². The van der Waals surface area contributed by atoms with Gasteiger partial charge in [-0.1, -0.05) is 6.07 Å². The summed E-state index contributed by atoms with van der Waals surface area (Å²) in [5, 5.41) is 6.12. The molecule has 1 aliphatic rings. The van der Waals surface area contributed by atoms with Crippen LogP contribution in [0.15, 0.2) is 54.7 Å². The third-order valence-electron chi connectivity index (χ3n) is 4.43. The molecule has 148 valence electrons. The van der Waals surface area contributed by atoms with Gasteiger partial charge in [-0.2, -0.15) is 0 Å². The summed E-state index contributed by atoms with van der Waals surface area (Å²) in [6, 6.07) is 14.6. The van der Waals surface area contributed by atoms with E-state index in [2.05, 4.69) is 15.6 Å². The highest BCUT2D eigenvalue weighted by Crippen LogP contribution is 2.33. The summed E-state index contributed by atoms with van der Waals surface area (Å²) in [5.74, 6) is 1.69. The highest BCUT2D eigenvalue weighted by atomic mass is 16.6. The van der Waals surface area contributed by atoms with Gasteiger partial charge in [-0.15, -0.1) is 0 Å². The number of aromatic nitrogens is 1. The number of amides is 1. The van der Waals surface area contributed by atoms with E-state index in [0.717, 1.165) is 22.7 Å². The second kappa shape index (κ2) is 8.10. The summed E-state index contributed by atoms with van der Waals surface area (Å²) in [6.07, 6.45) is 1.59. The number of nitrogens with one attached hydrogen (secondary N) is 2.